The molecule has 1 N–H and O–H groups in total. The van der Waals surface area contributed by atoms with Crippen LogP contribution in [0, 0.1) is 0 Å². The number of amides is 1. The van der Waals surface area contributed by atoms with Crippen LogP contribution in [0.15, 0.2) is 60.8 Å². The van der Waals surface area contributed by atoms with Crippen molar-refractivity contribution in [3.05, 3.63) is 71.9 Å². The molecule has 2 heterocycles. The molecule has 0 aliphatic heterocycles. The fourth-order valence-electron chi connectivity index (χ4n) is 3.10. The normalized spacial score (nSPS) is 10.7. The van der Waals surface area contributed by atoms with Gasteiger partial charge in [0.15, 0.2) is 17.1 Å². The second-order valence-corrected chi connectivity index (χ2v) is 6.50. The monoisotopic (exact) mass is 403 g/mol. The molecule has 0 aliphatic carbocycles. The molecule has 0 unspecified atom stereocenters. The first kappa shape index (κ1) is 19.4. The third-order valence-corrected chi connectivity index (χ3v) is 4.54. The molecule has 2 aromatic heterocycles. The standard InChI is InChI=1S/C22H21N5O3/c1-3-30-20-12-15(9-10-19(20)29-2)14-24-22(28)16-6-4-7-17(13-16)27-21-18(25-26-27)8-5-11-23-21/h4-13H,3,14H2,1-2H3,(H,24,28). The summed E-state index contributed by atoms with van der Waals surface area (Å²) in [6, 6.07) is 16.4. The third kappa shape index (κ3) is 3.93. The highest BCUT2D eigenvalue weighted by molar-refractivity contribution is 5.94. The number of carbonyl (C=O) groups excluding carboxylic acids is 1. The molecule has 8 nitrogen and oxygen atoms in total. The van der Waals surface area contributed by atoms with Gasteiger partial charge < -0.3 is 14.8 Å². The van der Waals surface area contributed by atoms with Gasteiger partial charge in [-0.15, -0.1) is 5.10 Å². The molecule has 0 fully saturated rings. The number of rotatable bonds is 7. The molecule has 0 aliphatic rings. The summed E-state index contributed by atoms with van der Waals surface area (Å²) in [4.78, 5) is 17.0. The Morgan fingerprint density at radius 3 is 2.83 bits per heavy atom. The van der Waals surface area contributed by atoms with Crippen LogP contribution in [0.2, 0.25) is 0 Å². The zero-order valence-electron chi connectivity index (χ0n) is 16.7. The van der Waals surface area contributed by atoms with E-state index < -0.39 is 0 Å². The zero-order valence-corrected chi connectivity index (χ0v) is 16.7. The number of hydrogen-bond donors (Lipinski definition) is 1. The van der Waals surface area contributed by atoms with E-state index in [2.05, 4.69) is 20.6 Å². The predicted molar refractivity (Wildman–Crippen MR) is 112 cm³/mol. The van der Waals surface area contributed by atoms with Gasteiger partial charge in [-0.3, -0.25) is 4.79 Å². The molecule has 8 heteroatoms. The first-order chi connectivity index (χ1) is 14.7. The predicted octanol–water partition coefficient (Wildman–Crippen LogP) is 3.15. The Morgan fingerprint density at radius 2 is 2.00 bits per heavy atom. The van der Waals surface area contributed by atoms with Gasteiger partial charge in [-0.2, -0.15) is 4.68 Å². The average Bonchev–Trinajstić information content (AvgIpc) is 3.22. The van der Waals surface area contributed by atoms with Gasteiger partial charge in [-0.25, -0.2) is 4.98 Å². The molecule has 4 aromatic rings. The molecule has 2 aromatic carbocycles. The number of ether oxygens (including phenoxy) is 2. The van der Waals surface area contributed by atoms with Crippen molar-refractivity contribution >= 4 is 17.1 Å². The van der Waals surface area contributed by atoms with Crippen LogP contribution in [0.4, 0.5) is 0 Å². The Balaban J connectivity index is 1.51. The molecule has 0 saturated carbocycles. The van der Waals surface area contributed by atoms with Crippen molar-refractivity contribution in [3.63, 3.8) is 0 Å². The van der Waals surface area contributed by atoms with Crippen LogP contribution in [0.5, 0.6) is 11.5 Å². The fraction of sp³-hybridized carbons (Fsp3) is 0.182. The minimum atomic E-state index is -0.192. The Hall–Kier alpha value is -3.94. The second-order valence-electron chi connectivity index (χ2n) is 6.50. The number of fused-ring (bicyclic) bond motifs is 1. The third-order valence-electron chi connectivity index (χ3n) is 4.54. The van der Waals surface area contributed by atoms with E-state index >= 15 is 0 Å². The Bertz CT molecular complexity index is 1190. The summed E-state index contributed by atoms with van der Waals surface area (Å²) >= 11 is 0. The van der Waals surface area contributed by atoms with Crippen molar-refractivity contribution in [3.8, 4) is 17.2 Å². The van der Waals surface area contributed by atoms with Crippen LogP contribution in [0.25, 0.3) is 16.9 Å². The number of nitrogens with one attached hydrogen (secondary N) is 1. The summed E-state index contributed by atoms with van der Waals surface area (Å²) in [6.45, 7) is 2.81. The molecule has 0 bridgehead atoms. The van der Waals surface area contributed by atoms with E-state index in [-0.39, 0.29) is 5.91 Å². The Labute approximate surface area is 173 Å². The maximum atomic E-state index is 12.7. The van der Waals surface area contributed by atoms with E-state index in [4.69, 9.17) is 9.47 Å². The molecule has 1 amide bonds. The lowest BCUT2D eigenvalue weighted by atomic mass is 10.1. The highest BCUT2D eigenvalue weighted by Gasteiger charge is 2.12. The van der Waals surface area contributed by atoms with E-state index in [1.807, 2.05) is 37.3 Å². The van der Waals surface area contributed by atoms with Crippen molar-refractivity contribution in [2.75, 3.05) is 13.7 Å². The molecular weight excluding hydrogens is 382 g/mol. The number of pyridine rings is 1. The lowest BCUT2D eigenvalue weighted by molar-refractivity contribution is 0.0951. The second kappa shape index (κ2) is 8.60. The van der Waals surface area contributed by atoms with Gasteiger partial charge in [-0.1, -0.05) is 17.3 Å². The van der Waals surface area contributed by atoms with Crippen LogP contribution >= 0.6 is 0 Å². The van der Waals surface area contributed by atoms with Gasteiger partial charge in [0.2, 0.25) is 0 Å². The lowest BCUT2D eigenvalue weighted by Gasteiger charge is -2.12. The van der Waals surface area contributed by atoms with Crippen LogP contribution in [-0.2, 0) is 6.54 Å². The smallest absolute Gasteiger partial charge is 0.251 e. The van der Waals surface area contributed by atoms with Gasteiger partial charge >= 0.3 is 0 Å². The topological polar surface area (TPSA) is 91.2 Å². The number of benzene rings is 2. The van der Waals surface area contributed by atoms with E-state index in [9.17, 15) is 4.79 Å². The summed E-state index contributed by atoms with van der Waals surface area (Å²) in [5.41, 5.74) is 3.47. The highest BCUT2D eigenvalue weighted by Crippen LogP contribution is 2.28. The highest BCUT2D eigenvalue weighted by atomic mass is 16.5. The summed E-state index contributed by atoms with van der Waals surface area (Å²) in [5, 5.41) is 11.2. The van der Waals surface area contributed by atoms with Crippen molar-refractivity contribution in [1.29, 1.82) is 0 Å². The molecule has 0 radical (unpaired) electrons. The molecule has 152 valence electrons. The van der Waals surface area contributed by atoms with Crippen LogP contribution in [0.3, 0.4) is 0 Å². The number of aromatic nitrogens is 4. The number of methoxy groups -OCH3 is 1. The number of carbonyl (C=O) groups is 1. The fourth-order valence-corrected chi connectivity index (χ4v) is 3.10. The van der Waals surface area contributed by atoms with Crippen molar-refractivity contribution in [1.82, 2.24) is 25.3 Å². The molecule has 4 rings (SSSR count). The maximum absolute atomic E-state index is 12.7. The van der Waals surface area contributed by atoms with E-state index in [0.717, 1.165) is 5.56 Å². The number of hydrogen-bond acceptors (Lipinski definition) is 6. The summed E-state index contributed by atoms with van der Waals surface area (Å²) in [6.07, 6.45) is 1.68. The van der Waals surface area contributed by atoms with Crippen molar-refractivity contribution < 1.29 is 14.3 Å². The van der Waals surface area contributed by atoms with Gasteiger partial charge in [0.05, 0.1) is 19.4 Å². The van der Waals surface area contributed by atoms with Gasteiger partial charge in [0.1, 0.15) is 5.52 Å². The first-order valence-electron chi connectivity index (χ1n) is 9.54. The summed E-state index contributed by atoms with van der Waals surface area (Å²) in [7, 11) is 1.60. The minimum absolute atomic E-state index is 0.192. The first-order valence-corrected chi connectivity index (χ1v) is 9.54. The minimum Gasteiger partial charge on any atom is -0.493 e. The van der Waals surface area contributed by atoms with Gasteiger partial charge in [0.25, 0.3) is 5.91 Å². The number of nitrogens with zero attached hydrogens (tertiary/aromatic N) is 4. The van der Waals surface area contributed by atoms with Crippen molar-refractivity contribution in [2.45, 2.75) is 13.5 Å². The van der Waals surface area contributed by atoms with Gasteiger partial charge in [-0.05, 0) is 55.0 Å². The quantitative estimate of drug-likeness (QED) is 0.510. The molecular formula is C22H21N5O3. The van der Waals surface area contributed by atoms with Gasteiger partial charge in [0, 0.05) is 18.3 Å². The average molecular weight is 403 g/mol. The van der Waals surface area contributed by atoms with Crippen molar-refractivity contribution in [2.24, 2.45) is 0 Å². The van der Waals surface area contributed by atoms with Crippen LogP contribution in [-0.4, -0.2) is 39.6 Å². The summed E-state index contributed by atoms with van der Waals surface area (Å²) < 4.78 is 12.5. The Kier molecular flexibility index (Phi) is 5.56. The maximum Gasteiger partial charge on any atom is 0.251 e. The van der Waals surface area contributed by atoms with E-state index in [1.165, 1.54) is 0 Å². The largest absolute Gasteiger partial charge is 0.493 e. The summed E-state index contributed by atoms with van der Waals surface area (Å²) in [5.74, 6) is 1.12. The van der Waals surface area contributed by atoms with Crippen LogP contribution in [0.1, 0.15) is 22.8 Å². The molecule has 30 heavy (non-hydrogen) atoms. The molecule has 0 saturated heterocycles. The molecule has 0 atom stereocenters. The SMILES string of the molecule is CCOc1cc(CNC(=O)c2cccc(-n3nnc4cccnc43)c2)ccc1OC. The van der Waals surface area contributed by atoms with E-state index in [1.54, 1.807) is 42.3 Å². The molecule has 0 spiro atoms. The Morgan fingerprint density at radius 1 is 1.10 bits per heavy atom. The lowest BCUT2D eigenvalue weighted by Crippen LogP contribution is -2.23. The zero-order chi connectivity index (χ0) is 20.9. The van der Waals surface area contributed by atoms with Crippen LogP contribution < -0.4 is 14.8 Å². The van der Waals surface area contributed by atoms with E-state index in [0.29, 0.717) is 47.1 Å².